The van der Waals surface area contributed by atoms with Crippen LogP contribution in [0.2, 0.25) is 5.02 Å². The molecule has 1 aliphatic rings. The summed E-state index contributed by atoms with van der Waals surface area (Å²) in [5, 5.41) is 0.553. The van der Waals surface area contributed by atoms with Crippen LogP contribution in [-0.4, -0.2) is 5.25 Å². The van der Waals surface area contributed by atoms with Crippen LogP contribution in [0, 0.1) is 11.7 Å². The Morgan fingerprint density at radius 3 is 2.81 bits per heavy atom. The first-order valence-electron chi connectivity index (χ1n) is 5.35. The molecule has 1 aromatic carbocycles. The lowest BCUT2D eigenvalue weighted by Crippen LogP contribution is -2.32. The molecule has 0 aliphatic carbocycles. The summed E-state index contributed by atoms with van der Waals surface area (Å²) < 4.78 is 13.3. The molecule has 2 rings (SSSR count). The summed E-state index contributed by atoms with van der Waals surface area (Å²) in [6.45, 7) is 4.32. The number of hydrogen-bond acceptors (Lipinski definition) is 2. The van der Waals surface area contributed by atoms with Crippen molar-refractivity contribution in [3.05, 3.63) is 34.1 Å². The van der Waals surface area contributed by atoms with Gasteiger partial charge in [-0.2, -0.15) is 11.8 Å². The highest BCUT2D eigenvalue weighted by Crippen LogP contribution is 2.41. The number of fused-ring (bicyclic) bond motifs is 1. The van der Waals surface area contributed by atoms with Crippen LogP contribution in [0.15, 0.2) is 12.1 Å². The Balaban J connectivity index is 2.41. The van der Waals surface area contributed by atoms with E-state index in [2.05, 4.69) is 13.8 Å². The molecule has 0 bridgehead atoms. The zero-order chi connectivity index (χ0) is 11.9. The second kappa shape index (κ2) is 4.55. The molecule has 0 spiro atoms. The molecule has 2 unspecified atom stereocenters. The number of nitrogens with two attached hydrogens (primary N) is 1. The first-order chi connectivity index (χ1) is 7.50. The van der Waals surface area contributed by atoms with Gasteiger partial charge in [0, 0.05) is 17.0 Å². The summed E-state index contributed by atoms with van der Waals surface area (Å²) in [4.78, 5) is 0. The van der Waals surface area contributed by atoms with Gasteiger partial charge in [-0.25, -0.2) is 4.39 Å². The van der Waals surface area contributed by atoms with E-state index in [1.807, 2.05) is 0 Å². The summed E-state index contributed by atoms with van der Waals surface area (Å²) >= 11 is 7.60. The molecule has 1 aromatic rings. The minimum Gasteiger partial charge on any atom is -0.323 e. The van der Waals surface area contributed by atoms with E-state index >= 15 is 0 Å². The van der Waals surface area contributed by atoms with Crippen LogP contribution in [-0.2, 0) is 5.75 Å². The Hall–Kier alpha value is -0.250. The van der Waals surface area contributed by atoms with Crippen LogP contribution in [0.3, 0.4) is 0 Å². The van der Waals surface area contributed by atoms with Crippen molar-refractivity contribution in [2.75, 3.05) is 0 Å². The van der Waals surface area contributed by atoms with E-state index in [-0.39, 0.29) is 16.9 Å². The van der Waals surface area contributed by atoms with E-state index in [0.29, 0.717) is 11.2 Å². The molecule has 2 atom stereocenters. The predicted molar refractivity (Wildman–Crippen MR) is 68.3 cm³/mol. The third kappa shape index (κ3) is 2.08. The highest BCUT2D eigenvalue weighted by atomic mass is 35.5. The number of thioether (sulfide) groups is 1. The molecule has 2 N–H and O–H groups in total. The molecule has 16 heavy (non-hydrogen) atoms. The van der Waals surface area contributed by atoms with Crippen LogP contribution in [0.5, 0.6) is 0 Å². The molecule has 4 heteroatoms. The van der Waals surface area contributed by atoms with E-state index < -0.39 is 0 Å². The molecule has 0 aromatic heterocycles. The average Bonchev–Trinajstić information content (AvgIpc) is 2.21. The van der Waals surface area contributed by atoms with Gasteiger partial charge in [-0.3, -0.25) is 0 Å². The Labute approximate surface area is 105 Å². The number of halogens is 2. The summed E-state index contributed by atoms with van der Waals surface area (Å²) in [5.41, 5.74) is 8.19. The quantitative estimate of drug-likeness (QED) is 0.831. The van der Waals surface area contributed by atoms with Crippen LogP contribution in [0.4, 0.5) is 4.39 Å². The summed E-state index contributed by atoms with van der Waals surface area (Å²) in [6, 6.07) is 3.15. The molecule has 0 saturated carbocycles. The van der Waals surface area contributed by atoms with Crippen LogP contribution < -0.4 is 5.73 Å². The second-order valence-corrected chi connectivity index (χ2v) is 6.08. The third-order valence-corrected chi connectivity index (χ3v) is 4.97. The SMILES string of the molecule is CC(C)C1SCc2cc(F)c(Cl)cc2C1N. The Bertz CT molecular complexity index is 408. The van der Waals surface area contributed by atoms with Crippen LogP contribution in [0.1, 0.15) is 31.0 Å². The summed E-state index contributed by atoms with van der Waals surface area (Å²) in [7, 11) is 0. The van der Waals surface area contributed by atoms with Crippen molar-refractivity contribution in [2.45, 2.75) is 30.9 Å². The molecule has 88 valence electrons. The van der Waals surface area contributed by atoms with Crippen molar-refractivity contribution < 1.29 is 4.39 Å². The lowest BCUT2D eigenvalue weighted by atomic mass is 9.93. The maximum Gasteiger partial charge on any atom is 0.142 e. The molecule has 1 nitrogen and oxygen atoms in total. The van der Waals surface area contributed by atoms with Gasteiger partial charge >= 0.3 is 0 Å². The van der Waals surface area contributed by atoms with Crippen molar-refractivity contribution in [2.24, 2.45) is 11.7 Å². The summed E-state index contributed by atoms with van der Waals surface area (Å²) in [6.07, 6.45) is 0. The van der Waals surface area contributed by atoms with E-state index in [4.69, 9.17) is 17.3 Å². The molecule has 1 aliphatic heterocycles. The first kappa shape index (κ1) is 12.2. The maximum atomic E-state index is 13.3. The summed E-state index contributed by atoms with van der Waals surface area (Å²) in [5.74, 6) is 0.980. The smallest absolute Gasteiger partial charge is 0.142 e. The van der Waals surface area contributed by atoms with E-state index in [1.54, 1.807) is 17.8 Å². The minimum atomic E-state index is -0.351. The minimum absolute atomic E-state index is 0.0492. The Morgan fingerprint density at radius 2 is 2.19 bits per heavy atom. The Kier molecular flexibility index (Phi) is 3.48. The Morgan fingerprint density at radius 1 is 1.50 bits per heavy atom. The highest BCUT2D eigenvalue weighted by Gasteiger charge is 2.30. The van der Waals surface area contributed by atoms with Gasteiger partial charge in [0.15, 0.2) is 0 Å². The number of benzene rings is 1. The fraction of sp³-hybridized carbons (Fsp3) is 0.500. The fourth-order valence-electron chi connectivity index (χ4n) is 2.11. The number of rotatable bonds is 1. The van der Waals surface area contributed by atoms with Crippen LogP contribution >= 0.6 is 23.4 Å². The van der Waals surface area contributed by atoms with E-state index in [0.717, 1.165) is 16.9 Å². The molecule has 0 amide bonds. The average molecular weight is 260 g/mol. The molecule has 0 radical (unpaired) electrons. The lowest BCUT2D eigenvalue weighted by molar-refractivity contribution is 0.519. The zero-order valence-electron chi connectivity index (χ0n) is 9.34. The predicted octanol–water partition coefficient (Wildman–Crippen LogP) is 3.75. The topological polar surface area (TPSA) is 26.0 Å². The highest BCUT2D eigenvalue weighted by molar-refractivity contribution is 7.99. The standard InChI is InChI=1S/C12H15ClFNS/c1-6(2)12-11(15)8-4-9(13)10(14)3-7(8)5-16-12/h3-4,6,11-12H,5,15H2,1-2H3. The monoisotopic (exact) mass is 259 g/mol. The molecular weight excluding hydrogens is 245 g/mol. The van der Waals surface area contributed by atoms with Gasteiger partial charge in [0.1, 0.15) is 5.82 Å². The normalized spacial score (nSPS) is 24.6. The maximum absolute atomic E-state index is 13.3. The van der Waals surface area contributed by atoms with Gasteiger partial charge in [0.25, 0.3) is 0 Å². The first-order valence-corrected chi connectivity index (χ1v) is 6.78. The largest absolute Gasteiger partial charge is 0.323 e. The van der Waals surface area contributed by atoms with Crippen molar-refractivity contribution in [3.63, 3.8) is 0 Å². The molecule has 0 saturated heterocycles. The van der Waals surface area contributed by atoms with Gasteiger partial charge in [-0.15, -0.1) is 0 Å². The van der Waals surface area contributed by atoms with Crippen molar-refractivity contribution in [3.8, 4) is 0 Å². The fourth-order valence-corrected chi connectivity index (χ4v) is 3.65. The van der Waals surface area contributed by atoms with Gasteiger partial charge in [-0.05, 0) is 29.2 Å². The van der Waals surface area contributed by atoms with Crippen LogP contribution in [0.25, 0.3) is 0 Å². The number of hydrogen-bond donors (Lipinski definition) is 1. The van der Waals surface area contributed by atoms with Gasteiger partial charge in [0.2, 0.25) is 0 Å². The van der Waals surface area contributed by atoms with E-state index in [9.17, 15) is 4.39 Å². The zero-order valence-corrected chi connectivity index (χ0v) is 10.9. The lowest BCUT2D eigenvalue weighted by Gasteiger charge is -2.33. The molecule has 1 heterocycles. The third-order valence-electron chi connectivity index (χ3n) is 2.98. The van der Waals surface area contributed by atoms with Gasteiger partial charge in [-0.1, -0.05) is 25.4 Å². The molecular formula is C12H15ClFNS. The van der Waals surface area contributed by atoms with Crippen molar-refractivity contribution in [1.29, 1.82) is 0 Å². The van der Waals surface area contributed by atoms with Crippen molar-refractivity contribution in [1.82, 2.24) is 0 Å². The second-order valence-electron chi connectivity index (χ2n) is 4.51. The van der Waals surface area contributed by atoms with E-state index in [1.165, 1.54) is 6.07 Å². The van der Waals surface area contributed by atoms with Gasteiger partial charge < -0.3 is 5.73 Å². The van der Waals surface area contributed by atoms with Crippen molar-refractivity contribution >= 4 is 23.4 Å². The van der Waals surface area contributed by atoms with Gasteiger partial charge in [0.05, 0.1) is 5.02 Å². The molecule has 0 fully saturated rings.